The highest BCUT2D eigenvalue weighted by Gasteiger charge is 2.42. The van der Waals surface area contributed by atoms with Crippen LogP contribution in [0.5, 0.6) is 5.88 Å². The first kappa shape index (κ1) is 13.2. The third-order valence-corrected chi connectivity index (χ3v) is 5.17. The first-order chi connectivity index (χ1) is 10.2. The van der Waals surface area contributed by atoms with Crippen LogP contribution in [0.3, 0.4) is 0 Å². The lowest BCUT2D eigenvalue weighted by atomic mass is 10.00. The fourth-order valence-corrected chi connectivity index (χ4v) is 3.64. The molecule has 4 rings (SSSR count). The summed E-state index contributed by atoms with van der Waals surface area (Å²) in [6, 6.07) is 3.85. The Bertz CT molecular complexity index is 532. The fraction of sp³-hybridized carbons (Fsp3) is 0.688. The monoisotopic (exact) mass is 289 g/mol. The number of fused-ring (bicyclic) bond motifs is 1. The van der Waals surface area contributed by atoms with Gasteiger partial charge in [-0.25, -0.2) is 0 Å². The first-order valence-corrected chi connectivity index (χ1v) is 8.03. The molecular weight excluding hydrogens is 266 g/mol. The number of nitrogens with two attached hydrogens (primary N) is 1. The Labute approximate surface area is 125 Å². The minimum atomic E-state index is -0.139. The minimum absolute atomic E-state index is 0.139. The average molecular weight is 289 g/mol. The van der Waals surface area contributed by atoms with Gasteiger partial charge >= 0.3 is 0 Å². The highest BCUT2D eigenvalue weighted by atomic mass is 16.5. The summed E-state index contributed by atoms with van der Waals surface area (Å²) in [6.07, 6.45) is 4.45. The van der Waals surface area contributed by atoms with E-state index >= 15 is 0 Å². The number of rotatable bonds is 4. The van der Waals surface area contributed by atoms with Crippen LogP contribution in [0.15, 0.2) is 12.1 Å². The van der Waals surface area contributed by atoms with E-state index in [2.05, 4.69) is 9.88 Å². The summed E-state index contributed by atoms with van der Waals surface area (Å²) in [5, 5.41) is 10.0. The second-order valence-electron chi connectivity index (χ2n) is 6.79. The number of nitrogen functional groups attached to an aromatic ring is 1. The molecule has 0 amide bonds. The number of hydrogen-bond donors (Lipinski definition) is 2. The molecule has 0 aromatic carbocycles. The van der Waals surface area contributed by atoms with Crippen LogP contribution in [0.4, 0.5) is 11.5 Å². The summed E-state index contributed by atoms with van der Waals surface area (Å²) < 4.78 is 5.76. The van der Waals surface area contributed by atoms with Crippen LogP contribution in [0.25, 0.3) is 0 Å². The van der Waals surface area contributed by atoms with Crippen LogP contribution in [-0.2, 0) is 0 Å². The number of anilines is 2. The Morgan fingerprint density at radius 3 is 2.86 bits per heavy atom. The zero-order valence-electron chi connectivity index (χ0n) is 12.2. The van der Waals surface area contributed by atoms with Crippen molar-refractivity contribution in [3.63, 3.8) is 0 Å². The second kappa shape index (κ2) is 5.05. The van der Waals surface area contributed by atoms with Gasteiger partial charge in [-0.2, -0.15) is 4.98 Å². The number of aromatic nitrogens is 1. The van der Waals surface area contributed by atoms with Gasteiger partial charge < -0.3 is 20.5 Å². The van der Waals surface area contributed by atoms with Crippen LogP contribution in [0, 0.1) is 17.8 Å². The van der Waals surface area contributed by atoms with Gasteiger partial charge in [0, 0.05) is 19.0 Å². The van der Waals surface area contributed by atoms with E-state index in [4.69, 9.17) is 10.5 Å². The molecule has 3 atom stereocenters. The van der Waals surface area contributed by atoms with Crippen molar-refractivity contribution in [3.05, 3.63) is 12.1 Å². The van der Waals surface area contributed by atoms with E-state index in [-0.39, 0.29) is 6.10 Å². The highest BCUT2D eigenvalue weighted by molar-refractivity contribution is 5.55. The summed E-state index contributed by atoms with van der Waals surface area (Å²) in [7, 11) is 0. The van der Waals surface area contributed by atoms with Gasteiger partial charge in [0.05, 0.1) is 18.4 Å². The summed E-state index contributed by atoms with van der Waals surface area (Å²) >= 11 is 0. The Kier molecular flexibility index (Phi) is 3.17. The van der Waals surface area contributed by atoms with Crippen LogP contribution in [-0.4, -0.2) is 35.9 Å². The Morgan fingerprint density at radius 1 is 1.24 bits per heavy atom. The van der Waals surface area contributed by atoms with Crippen molar-refractivity contribution in [2.75, 3.05) is 30.3 Å². The third-order valence-electron chi connectivity index (χ3n) is 5.17. The lowest BCUT2D eigenvalue weighted by molar-refractivity contribution is 0.133. The van der Waals surface area contributed by atoms with Crippen molar-refractivity contribution in [2.45, 2.75) is 31.8 Å². The Morgan fingerprint density at radius 2 is 2.10 bits per heavy atom. The van der Waals surface area contributed by atoms with Crippen molar-refractivity contribution in [3.8, 4) is 5.88 Å². The number of ether oxygens (including phenoxy) is 1. The van der Waals surface area contributed by atoms with E-state index in [0.29, 0.717) is 29.3 Å². The standard InChI is InChI=1S/C16H23N3O2/c17-13-4-6-15(18-16(13)21-9-10-1-2-10)19-7-11-3-5-14(20)12(11)8-19/h4,6,10-12,14,20H,1-3,5,7-9,17H2. The van der Waals surface area contributed by atoms with Gasteiger partial charge in [-0.3, -0.25) is 0 Å². The van der Waals surface area contributed by atoms with Crippen LogP contribution in [0.1, 0.15) is 25.7 Å². The maximum absolute atomic E-state index is 10.0. The molecule has 21 heavy (non-hydrogen) atoms. The molecule has 2 saturated carbocycles. The zero-order valence-corrected chi connectivity index (χ0v) is 12.2. The van der Waals surface area contributed by atoms with Crippen molar-refractivity contribution in [1.29, 1.82) is 0 Å². The van der Waals surface area contributed by atoms with Crippen molar-refractivity contribution in [1.82, 2.24) is 4.98 Å². The molecular formula is C16H23N3O2. The maximum atomic E-state index is 10.0. The van der Waals surface area contributed by atoms with Gasteiger partial charge in [0.1, 0.15) is 5.82 Å². The molecule has 1 aliphatic heterocycles. The molecule has 0 radical (unpaired) electrons. The quantitative estimate of drug-likeness (QED) is 0.882. The number of hydrogen-bond acceptors (Lipinski definition) is 5. The molecule has 3 aliphatic rings. The maximum Gasteiger partial charge on any atom is 0.239 e. The minimum Gasteiger partial charge on any atom is -0.476 e. The van der Waals surface area contributed by atoms with E-state index < -0.39 is 0 Å². The largest absolute Gasteiger partial charge is 0.476 e. The Balaban J connectivity index is 1.48. The topological polar surface area (TPSA) is 71.6 Å². The molecule has 0 spiro atoms. The third kappa shape index (κ3) is 2.55. The molecule has 2 heterocycles. The van der Waals surface area contributed by atoms with Gasteiger partial charge in [0.25, 0.3) is 0 Å². The van der Waals surface area contributed by atoms with Crippen molar-refractivity contribution in [2.24, 2.45) is 17.8 Å². The van der Waals surface area contributed by atoms with E-state index in [9.17, 15) is 5.11 Å². The first-order valence-electron chi connectivity index (χ1n) is 8.03. The number of aliphatic hydroxyl groups excluding tert-OH is 1. The number of pyridine rings is 1. The van der Waals surface area contributed by atoms with Crippen molar-refractivity contribution < 1.29 is 9.84 Å². The summed E-state index contributed by atoms with van der Waals surface area (Å²) in [5.74, 6) is 3.19. The molecule has 1 aromatic rings. The summed E-state index contributed by atoms with van der Waals surface area (Å²) in [5.41, 5.74) is 6.57. The molecule has 1 saturated heterocycles. The predicted molar refractivity (Wildman–Crippen MR) is 81.3 cm³/mol. The molecule has 3 fully saturated rings. The SMILES string of the molecule is Nc1ccc(N2CC3CCC(O)C3C2)nc1OCC1CC1. The normalized spacial score (nSPS) is 31.5. The summed E-state index contributed by atoms with van der Waals surface area (Å²) in [4.78, 5) is 6.87. The number of nitrogens with zero attached hydrogens (tertiary/aromatic N) is 2. The van der Waals surface area contributed by atoms with E-state index in [1.165, 1.54) is 12.8 Å². The van der Waals surface area contributed by atoms with Gasteiger partial charge in [-0.15, -0.1) is 0 Å². The smallest absolute Gasteiger partial charge is 0.239 e. The molecule has 2 aliphatic carbocycles. The highest BCUT2D eigenvalue weighted by Crippen LogP contribution is 2.40. The molecule has 114 valence electrons. The van der Waals surface area contributed by atoms with Crippen molar-refractivity contribution >= 4 is 11.5 Å². The van der Waals surface area contributed by atoms with E-state index in [1.54, 1.807) is 0 Å². The molecule has 3 unspecified atom stereocenters. The van der Waals surface area contributed by atoms with Crippen LogP contribution in [0.2, 0.25) is 0 Å². The molecule has 0 bridgehead atoms. The second-order valence-corrected chi connectivity index (χ2v) is 6.79. The van der Waals surface area contributed by atoms with Crippen LogP contribution < -0.4 is 15.4 Å². The molecule has 3 N–H and O–H groups in total. The lowest BCUT2D eigenvalue weighted by Gasteiger charge is -2.20. The molecule has 5 nitrogen and oxygen atoms in total. The van der Waals surface area contributed by atoms with E-state index in [0.717, 1.165) is 38.4 Å². The number of aliphatic hydroxyl groups is 1. The van der Waals surface area contributed by atoms with Gasteiger partial charge in [-0.1, -0.05) is 0 Å². The zero-order chi connectivity index (χ0) is 14.4. The summed E-state index contributed by atoms with van der Waals surface area (Å²) in [6.45, 7) is 2.61. The Hall–Kier alpha value is -1.49. The molecule has 5 heteroatoms. The average Bonchev–Trinajstić information content (AvgIpc) is 3.11. The molecule has 1 aromatic heterocycles. The van der Waals surface area contributed by atoms with Gasteiger partial charge in [-0.05, 0) is 49.7 Å². The van der Waals surface area contributed by atoms with E-state index in [1.807, 2.05) is 12.1 Å². The lowest BCUT2D eigenvalue weighted by Crippen LogP contribution is -2.25. The van der Waals surface area contributed by atoms with Gasteiger partial charge in [0.15, 0.2) is 0 Å². The predicted octanol–water partition coefficient (Wildman–Crippen LogP) is 1.66. The van der Waals surface area contributed by atoms with Crippen LogP contribution >= 0.6 is 0 Å². The fourth-order valence-electron chi connectivity index (χ4n) is 3.64. The van der Waals surface area contributed by atoms with Gasteiger partial charge in [0.2, 0.25) is 5.88 Å².